The number of nitrogens with zero attached hydrogens (tertiary/aromatic N) is 1. The maximum absolute atomic E-state index is 10.3. The summed E-state index contributed by atoms with van der Waals surface area (Å²) in [5.41, 5.74) is 4.79. The highest BCUT2D eigenvalue weighted by atomic mass is 35.5. The van der Waals surface area contributed by atoms with Crippen LogP contribution in [-0.4, -0.2) is 10.0 Å². The zero-order chi connectivity index (χ0) is 9.30. The Morgan fingerprint density at radius 2 is 2.17 bits per heavy atom. The van der Waals surface area contributed by atoms with Crippen molar-refractivity contribution in [2.45, 2.75) is 0 Å². The van der Waals surface area contributed by atoms with Gasteiger partial charge in [0.1, 0.15) is 5.02 Å². The van der Waals surface area contributed by atoms with Crippen LogP contribution in [0.25, 0.3) is 0 Å². The van der Waals surface area contributed by atoms with Crippen LogP contribution >= 0.6 is 11.6 Å². The largest absolute Gasteiger partial charge is 0.502 e. The summed E-state index contributed by atoms with van der Waals surface area (Å²) >= 11 is 5.47. The molecule has 64 valence electrons. The second-order valence-corrected chi connectivity index (χ2v) is 2.47. The van der Waals surface area contributed by atoms with Crippen LogP contribution in [0.4, 0.5) is 11.4 Å². The number of hydrogen-bond acceptors (Lipinski definition) is 4. The minimum atomic E-state index is -0.784. The lowest BCUT2D eigenvalue weighted by Crippen LogP contribution is -1.93. The van der Waals surface area contributed by atoms with E-state index in [2.05, 4.69) is 0 Å². The Bertz CT molecular complexity index is 340. The van der Waals surface area contributed by atoms with Crippen molar-refractivity contribution in [1.82, 2.24) is 0 Å². The molecule has 0 saturated heterocycles. The second kappa shape index (κ2) is 2.86. The van der Waals surface area contributed by atoms with E-state index in [-0.39, 0.29) is 10.7 Å². The Morgan fingerprint density at radius 3 is 2.58 bits per heavy atom. The molecule has 5 nitrogen and oxygen atoms in total. The molecule has 0 radical (unpaired) electrons. The number of hydrogen-bond donors (Lipinski definition) is 2. The summed E-state index contributed by atoms with van der Waals surface area (Å²) in [6.07, 6.45) is 0. The number of aromatic hydroxyl groups is 1. The summed E-state index contributed by atoms with van der Waals surface area (Å²) in [7, 11) is 0. The first-order chi connectivity index (χ1) is 5.54. The number of rotatable bonds is 1. The van der Waals surface area contributed by atoms with Gasteiger partial charge in [-0.1, -0.05) is 11.6 Å². The lowest BCUT2D eigenvalue weighted by Gasteiger charge is -2.00. The molecule has 3 N–H and O–H groups in total. The van der Waals surface area contributed by atoms with E-state index < -0.39 is 16.4 Å². The monoisotopic (exact) mass is 188 g/mol. The molecule has 0 aliphatic carbocycles. The SMILES string of the molecule is Nc1ccc(O)c([N+](=O)[O-])c1Cl. The molecule has 0 unspecified atom stereocenters. The van der Waals surface area contributed by atoms with Crippen molar-refractivity contribution in [1.29, 1.82) is 0 Å². The molecule has 0 aliphatic heterocycles. The summed E-state index contributed by atoms with van der Waals surface area (Å²) in [6.45, 7) is 0. The zero-order valence-electron chi connectivity index (χ0n) is 5.82. The van der Waals surface area contributed by atoms with Crippen LogP contribution in [-0.2, 0) is 0 Å². The average Bonchev–Trinajstić information content (AvgIpc) is 1.97. The van der Waals surface area contributed by atoms with E-state index in [1.165, 1.54) is 6.07 Å². The molecule has 1 aromatic rings. The van der Waals surface area contributed by atoms with Crippen LogP contribution in [0.1, 0.15) is 0 Å². The third-order valence-corrected chi connectivity index (χ3v) is 1.70. The van der Waals surface area contributed by atoms with Gasteiger partial charge >= 0.3 is 5.69 Å². The Morgan fingerprint density at radius 1 is 1.58 bits per heavy atom. The quantitative estimate of drug-likeness (QED) is 0.303. The highest BCUT2D eigenvalue weighted by molar-refractivity contribution is 6.35. The second-order valence-electron chi connectivity index (χ2n) is 2.09. The van der Waals surface area contributed by atoms with Crippen molar-refractivity contribution in [3.63, 3.8) is 0 Å². The van der Waals surface area contributed by atoms with Gasteiger partial charge in [0.05, 0.1) is 10.6 Å². The van der Waals surface area contributed by atoms with Crippen LogP contribution in [0.15, 0.2) is 12.1 Å². The number of phenolic OH excluding ortho intramolecular Hbond substituents is 1. The molecule has 0 amide bonds. The Labute approximate surface area is 72.5 Å². The van der Waals surface area contributed by atoms with Crippen molar-refractivity contribution in [2.75, 3.05) is 5.73 Å². The Balaban J connectivity index is 3.43. The Kier molecular flexibility index (Phi) is 2.05. The van der Waals surface area contributed by atoms with Gasteiger partial charge in [-0.05, 0) is 12.1 Å². The predicted molar refractivity (Wildman–Crippen MR) is 44.2 cm³/mol. The number of nitro benzene ring substituents is 1. The maximum Gasteiger partial charge on any atom is 0.331 e. The molecular weight excluding hydrogens is 184 g/mol. The fourth-order valence-corrected chi connectivity index (χ4v) is 0.972. The number of nitro groups is 1. The molecule has 1 aromatic carbocycles. The molecule has 0 fully saturated rings. The predicted octanol–water partition coefficient (Wildman–Crippen LogP) is 1.54. The van der Waals surface area contributed by atoms with Crippen molar-refractivity contribution in [3.05, 3.63) is 27.3 Å². The molecular formula is C6H5ClN2O3. The number of nitrogens with two attached hydrogens (primary N) is 1. The first-order valence-electron chi connectivity index (χ1n) is 2.95. The molecule has 0 aliphatic rings. The number of nitrogen functional groups attached to an aromatic ring is 1. The van der Waals surface area contributed by atoms with E-state index >= 15 is 0 Å². The number of halogens is 1. The van der Waals surface area contributed by atoms with Gasteiger partial charge in [-0.2, -0.15) is 0 Å². The van der Waals surface area contributed by atoms with Gasteiger partial charge in [-0.15, -0.1) is 0 Å². The van der Waals surface area contributed by atoms with Gasteiger partial charge in [0.2, 0.25) is 0 Å². The third-order valence-electron chi connectivity index (χ3n) is 1.31. The molecule has 0 bridgehead atoms. The molecule has 6 heteroatoms. The zero-order valence-corrected chi connectivity index (χ0v) is 6.58. The van der Waals surface area contributed by atoms with Gasteiger partial charge in [0, 0.05) is 0 Å². The van der Waals surface area contributed by atoms with Crippen LogP contribution in [0, 0.1) is 10.1 Å². The number of anilines is 1. The van der Waals surface area contributed by atoms with Gasteiger partial charge in [-0.25, -0.2) is 0 Å². The smallest absolute Gasteiger partial charge is 0.331 e. The molecule has 1 rings (SSSR count). The van der Waals surface area contributed by atoms with E-state index in [0.717, 1.165) is 6.07 Å². The lowest BCUT2D eigenvalue weighted by molar-refractivity contribution is -0.385. The highest BCUT2D eigenvalue weighted by Gasteiger charge is 2.20. The van der Waals surface area contributed by atoms with E-state index in [0.29, 0.717) is 0 Å². The molecule has 0 atom stereocenters. The van der Waals surface area contributed by atoms with Gasteiger partial charge in [0.25, 0.3) is 0 Å². The first kappa shape index (κ1) is 8.61. The topological polar surface area (TPSA) is 89.4 Å². The van der Waals surface area contributed by atoms with Crippen molar-refractivity contribution < 1.29 is 10.0 Å². The molecule has 12 heavy (non-hydrogen) atoms. The molecule has 0 saturated carbocycles. The van der Waals surface area contributed by atoms with Crippen molar-refractivity contribution in [3.8, 4) is 5.75 Å². The average molecular weight is 189 g/mol. The minimum Gasteiger partial charge on any atom is -0.502 e. The summed E-state index contributed by atoms with van der Waals surface area (Å²) in [5, 5.41) is 19.1. The Hall–Kier alpha value is -1.49. The standard InChI is InChI=1S/C6H5ClN2O3/c7-5-3(8)1-2-4(10)6(5)9(11)12/h1-2,10H,8H2. The van der Waals surface area contributed by atoms with Gasteiger partial charge < -0.3 is 10.8 Å². The van der Waals surface area contributed by atoms with Crippen molar-refractivity contribution >= 4 is 23.0 Å². The summed E-state index contributed by atoms with van der Waals surface area (Å²) in [6, 6.07) is 2.42. The van der Waals surface area contributed by atoms with Crippen LogP contribution in [0.2, 0.25) is 5.02 Å². The summed E-state index contributed by atoms with van der Waals surface area (Å²) in [5.74, 6) is -0.487. The minimum absolute atomic E-state index is 0.0705. The summed E-state index contributed by atoms with van der Waals surface area (Å²) in [4.78, 5) is 9.52. The molecule has 0 spiro atoms. The van der Waals surface area contributed by atoms with Gasteiger partial charge in [0.15, 0.2) is 5.75 Å². The van der Waals surface area contributed by atoms with E-state index in [1.807, 2.05) is 0 Å². The molecule has 0 aromatic heterocycles. The summed E-state index contributed by atoms with van der Waals surface area (Å²) < 4.78 is 0. The number of phenols is 1. The fraction of sp³-hybridized carbons (Fsp3) is 0. The first-order valence-corrected chi connectivity index (χ1v) is 3.33. The van der Waals surface area contributed by atoms with E-state index in [4.69, 9.17) is 22.4 Å². The van der Waals surface area contributed by atoms with Crippen molar-refractivity contribution in [2.24, 2.45) is 0 Å². The van der Waals surface area contributed by atoms with E-state index in [9.17, 15) is 10.1 Å². The third kappa shape index (κ3) is 1.26. The molecule has 0 heterocycles. The fourth-order valence-electron chi connectivity index (χ4n) is 0.744. The van der Waals surface area contributed by atoms with Crippen LogP contribution in [0.3, 0.4) is 0 Å². The maximum atomic E-state index is 10.3. The van der Waals surface area contributed by atoms with E-state index in [1.54, 1.807) is 0 Å². The van der Waals surface area contributed by atoms with Gasteiger partial charge in [-0.3, -0.25) is 10.1 Å². The lowest BCUT2D eigenvalue weighted by atomic mass is 10.2. The highest BCUT2D eigenvalue weighted by Crippen LogP contribution is 2.37. The normalized spacial score (nSPS) is 9.75. The van der Waals surface area contributed by atoms with Crippen LogP contribution in [0.5, 0.6) is 5.75 Å². The number of benzene rings is 1. The van der Waals surface area contributed by atoms with Crippen LogP contribution < -0.4 is 5.73 Å².